The number of hydrogen-bond donors (Lipinski definition) is 1. The van der Waals surface area contributed by atoms with Gasteiger partial charge in [-0.05, 0) is 52.9 Å². The number of hydrazine groups is 1. The molecule has 0 atom stereocenters. The van der Waals surface area contributed by atoms with Crippen LogP contribution in [0.4, 0.5) is 5.69 Å². The molecular weight excluding hydrogens is 456 g/mol. The molecule has 1 heterocycles. The first-order chi connectivity index (χ1) is 17.4. The van der Waals surface area contributed by atoms with E-state index < -0.39 is 11.8 Å². The van der Waals surface area contributed by atoms with Gasteiger partial charge in [-0.3, -0.25) is 15.0 Å². The van der Waals surface area contributed by atoms with Gasteiger partial charge < -0.3 is 4.74 Å². The molecule has 0 aromatic heterocycles. The number of hydrogen-bond acceptors (Lipinski definition) is 6. The molecule has 36 heavy (non-hydrogen) atoms. The highest BCUT2D eigenvalue weighted by molar-refractivity contribution is 6.20. The van der Waals surface area contributed by atoms with Crippen molar-refractivity contribution in [3.05, 3.63) is 106 Å². The summed E-state index contributed by atoms with van der Waals surface area (Å²) in [4.78, 5) is 41.7. The van der Waals surface area contributed by atoms with E-state index in [-0.39, 0.29) is 18.2 Å². The molecule has 0 radical (unpaired) electrons. The minimum Gasteiger partial charge on any atom is -0.483 e. The first-order valence-electron chi connectivity index (χ1n) is 11.5. The van der Waals surface area contributed by atoms with Crippen molar-refractivity contribution < 1.29 is 14.3 Å². The fourth-order valence-corrected chi connectivity index (χ4v) is 3.77. The molecule has 0 saturated heterocycles. The minimum atomic E-state index is -0.530. The van der Waals surface area contributed by atoms with Crippen molar-refractivity contribution in [2.45, 2.75) is 26.7 Å². The fourth-order valence-electron chi connectivity index (χ4n) is 3.77. The van der Waals surface area contributed by atoms with E-state index in [9.17, 15) is 14.5 Å². The summed E-state index contributed by atoms with van der Waals surface area (Å²) >= 11 is 0. The quantitative estimate of drug-likeness (QED) is 0.350. The third-order valence-corrected chi connectivity index (χ3v) is 5.64. The first-order valence-corrected chi connectivity index (χ1v) is 11.5. The van der Waals surface area contributed by atoms with Crippen molar-refractivity contribution in [3.8, 4) is 5.75 Å². The summed E-state index contributed by atoms with van der Waals surface area (Å²) in [5, 5.41) is 4.20. The Bertz CT molecular complexity index is 1350. The van der Waals surface area contributed by atoms with E-state index in [1.807, 2.05) is 74.5 Å². The van der Waals surface area contributed by atoms with E-state index in [0.29, 0.717) is 28.4 Å². The minimum absolute atomic E-state index is 0.0480. The van der Waals surface area contributed by atoms with Crippen molar-refractivity contribution in [1.29, 1.82) is 0 Å². The van der Waals surface area contributed by atoms with Crippen LogP contribution < -0.4 is 10.2 Å². The highest BCUT2D eigenvalue weighted by Gasteiger charge is 2.32. The van der Waals surface area contributed by atoms with Crippen molar-refractivity contribution >= 4 is 29.4 Å². The molecule has 2 amide bonds. The van der Waals surface area contributed by atoms with E-state index in [0.717, 1.165) is 16.1 Å². The highest BCUT2D eigenvalue weighted by atomic mass is 16.5. The van der Waals surface area contributed by atoms with Gasteiger partial charge in [0.15, 0.2) is 12.4 Å². The van der Waals surface area contributed by atoms with Gasteiger partial charge >= 0.3 is 0 Å². The summed E-state index contributed by atoms with van der Waals surface area (Å²) in [6.45, 7) is 5.33. The first kappa shape index (κ1) is 24.5. The molecule has 8 nitrogen and oxygen atoms in total. The average molecular weight is 483 g/mol. The zero-order valence-corrected chi connectivity index (χ0v) is 20.3. The molecule has 0 aliphatic carbocycles. The van der Waals surface area contributed by atoms with E-state index >= 15 is 0 Å². The average Bonchev–Trinajstić information content (AvgIpc) is 3.18. The smallest absolute Gasteiger partial charge is 0.297 e. The van der Waals surface area contributed by atoms with Crippen LogP contribution in [0.3, 0.4) is 0 Å². The molecule has 3 aromatic carbocycles. The maximum atomic E-state index is 13.2. The van der Waals surface area contributed by atoms with Crippen LogP contribution in [0.2, 0.25) is 0 Å². The number of nitroso groups, excluding NO2 is 1. The van der Waals surface area contributed by atoms with Crippen LogP contribution in [-0.2, 0) is 9.59 Å². The second-order valence-electron chi connectivity index (χ2n) is 8.63. The Hall–Kier alpha value is -4.59. The summed E-state index contributed by atoms with van der Waals surface area (Å²) in [6, 6.07) is 21.9. The second kappa shape index (κ2) is 10.8. The molecule has 0 fully saturated rings. The van der Waals surface area contributed by atoms with E-state index in [2.05, 4.69) is 15.6 Å². The number of aliphatic imine (C=N–C) groups is 1. The predicted octanol–water partition coefficient (Wildman–Crippen LogP) is 5.26. The van der Waals surface area contributed by atoms with Gasteiger partial charge in [0.05, 0.1) is 0 Å². The number of aryl methyl sites for hydroxylation is 1. The van der Waals surface area contributed by atoms with Crippen LogP contribution >= 0.6 is 0 Å². The Morgan fingerprint density at radius 3 is 2.39 bits per heavy atom. The molecular formula is C28H26N4O4. The van der Waals surface area contributed by atoms with Crippen LogP contribution in [0, 0.1) is 11.8 Å². The molecule has 0 spiro atoms. The summed E-state index contributed by atoms with van der Waals surface area (Å²) < 4.78 is 5.80. The predicted molar refractivity (Wildman–Crippen MR) is 139 cm³/mol. The Kier molecular flexibility index (Phi) is 7.34. The highest BCUT2D eigenvalue weighted by Crippen LogP contribution is 2.33. The Labute approximate surface area is 209 Å². The monoisotopic (exact) mass is 482 g/mol. The number of carbonyl (C=O) groups is 2. The molecule has 0 bridgehead atoms. The number of nitrogens with zero attached hydrogens (tertiary/aromatic N) is 3. The Balaban J connectivity index is 1.55. The van der Waals surface area contributed by atoms with Gasteiger partial charge in [-0.15, -0.1) is 4.91 Å². The number of nitrogens with one attached hydrogen (secondary N) is 1. The summed E-state index contributed by atoms with van der Waals surface area (Å²) in [7, 11) is 0. The topological polar surface area (TPSA) is 100 Å². The maximum absolute atomic E-state index is 13.2. The van der Waals surface area contributed by atoms with Crippen LogP contribution in [0.15, 0.2) is 88.7 Å². The van der Waals surface area contributed by atoms with Gasteiger partial charge in [0.25, 0.3) is 11.8 Å². The van der Waals surface area contributed by atoms with Crippen molar-refractivity contribution in [2.24, 2.45) is 10.2 Å². The lowest BCUT2D eigenvalue weighted by Gasteiger charge is -2.20. The molecule has 0 saturated carbocycles. The summed E-state index contributed by atoms with van der Waals surface area (Å²) in [5.41, 5.74) is 6.07. The lowest BCUT2D eigenvalue weighted by molar-refractivity contribution is -0.134. The number of carbonyl (C=O) groups excluding carboxylic acids is 2. The van der Waals surface area contributed by atoms with Crippen LogP contribution in [-0.4, -0.2) is 29.3 Å². The molecule has 182 valence electrons. The molecule has 1 N–H and O–H groups in total. The zero-order chi connectivity index (χ0) is 25.7. The van der Waals surface area contributed by atoms with Gasteiger partial charge in [-0.2, -0.15) is 5.01 Å². The normalized spacial score (nSPS) is 14.2. The number of amides is 2. The molecule has 0 unspecified atom stereocenters. The molecule has 1 aliphatic heterocycles. The fraction of sp³-hybridized carbons (Fsp3) is 0.179. The summed E-state index contributed by atoms with van der Waals surface area (Å²) in [5.74, 6) is -0.133. The van der Waals surface area contributed by atoms with Crippen molar-refractivity contribution in [3.63, 3.8) is 0 Å². The Morgan fingerprint density at radius 1 is 1.08 bits per heavy atom. The SMILES string of the molecule is Cc1cc(OCC(=O)NN2C(=O)/C(=C/c3ccccc3)N=C2c2ccccc2)c(C(C)C)cc1N=O. The largest absolute Gasteiger partial charge is 0.483 e. The molecule has 4 rings (SSSR count). The third kappa shape index (κ3) is 5.38. The van der Waals surface area contributed by atoms with E-state index in [1.54, 1.807) is 25.1 Å². The number of ether oxygens (including phenoxy) is 1. The van der Waals surface area contributed by atoms with Gasteiger partial charge in [0.1, 0.15) is 17.1 Å². The lowest BCUT2D eigenvalue weighted by atomic mass is 9.99. The third-order valence-electron chi connectivity index (χ3n) is 5.64. The molecule has 3 aromatic rings. The van der Waals surface area contributed by atoms with Crippen LogP contribution in [0.25, 0.3) is 6.08 Å². The molecule has 8 heteroatoms. The van der Waals surface area contributed by atoms with Gasteiger partial charge in [0.2, 0.25) is 0 Å². The second-order valence-corrected chi connectivity index (χ2v) is 8.63. The number of rotatable bonds is 8. The van der Waals surface area contributed by atoms with Gasteiger partial charge in [-0.25, -0.2) is 4.99 Å². The van der Waals surface area contributed by atoms with Crippen LogP contribution in [0.5, 0.6) is 5.75 Å². The summed E-state index contributed by atoms with van der Waals surface area (Å²) in [6.07, 6.45) is 1.67. The van der Waals surface area contributed by atoms with Gasteiger partial charge in [-0.1, -0.05) is 74.5 Å². The van der Waals surface area contributed by atoms with Crippen LogP contribution in [0.1, 0.15) is 42.0 Å². The number of benzene rings is 3. The number of amidine groups is 1. The van der Waals surface area contributed by atoms with Crippen molar-refractivity contribution in [1.82, 2.24) is 10.4 Å². The Morgan fingerprint density at radius 2 is 1.75 bits per heavy atom. The maximum Gasteiger partial charge on any atom is 0.297 e. The molecule has 1 aliphatic rings. The van der Waals surface area contributed by atoms with E-state index in [4.69, 9.17) is 4.74 Å². The zero-order valence-electron chi connectivity index (χ0n) is 20.3. The van der Waals surface area contributed by atoms with E-state index in [1.165, 1.54) is 0 Å². The van der Waals surface area contributed by atoms with Gasteiger partial charge in [0, 0.05) is 5.56 Å². The standard InChI is InChI=1S/C28H26N4O4/c1-18(2)22-16-23(31-35)19(3)14-25(22)36-17-26(33)30-32-27(21-12-8-5-9-13-21)29-24(28(32)34)15-20-10-6-4-7-11-20/h4-16,18H,17H2,1-3H3,(H,30,33)/b24-15-. The van der Waals surface area contributed by atoms with Crippen molar-refractivity contribution in [2.75, 3.05) is 6.61 Å². The lowest BCUT2D eigenvalue weighted by Crippen LogP contribution is -2.49.